The molecule has 17 heavy (non-hydrogen) atoms. The predicted octanol–water partition coefficient (Wildman–Crippen LogP) is 1.96. The molecule has 94 valence electrons. The van der Waals surface area contributed by atoms with Crippen LogP contribution in [-0.2, 0) is 16.1 Å². The lowest BCUT2D eigenvalue weighted by Crippen LogP contribution is -2.40. The number of rotatable bonds is 5. The molecule has 0 spiro atoms. The summed E-state index contributed by atoms with van der Waals surface area (Å²) in [6.07, 6.45) is 2.02. The van der Waals surface area contributed by atoms with Gasteiger partial charge in [-0.05, 0) is 18.4 Å². The van der Waals surface area contributed by atoms with E-state index in [1.54, 1.807) is 0 Å². The Labute approximate surface area is 103 Å². The molecule has 3 heteroatoms. The quantitative estimate of drug-likeness (QED) is 0.848. The van der Waals surface area contributed by atoms with Gasteiger partial charge in [0.25, 0.3) is 0 Å². The first-order valence-corrected chi connectivity index (χ1v) is 6.24. The van der Waals surface area contributed by atoms with Gasteiger partial charge in [0.1, 0.15) is 0 Å². The SMILES string of the molecule is NCC1(COCc2ccccc2)CCOCC1. The molecule has 1 aliphatic heterocycles. The molecule has 0 amide bonds. The van der Waals surface area contributed by atoms with E-state index in [0.717, 1.165) is 32.7 Å². The second kappa shape index (κ2) is 6.15. The molecule has 1 fully saturated rings. The maximum absolute atomic E-state index is 5.88. The first-order chi connectivity index (χ1) is 8.35. The maximum Gasteiger partial charge on any atom is 0.0717 e. The Bertz CT molecular complexity index is 320. The molecule has 0 aliphatic carbocycles. The normalized spacial score (nSPS) is 19.1. The lowest BCUT2D eigenvalue weighted by molar-refractivity contribution is -0.0391. The summed E-state index contributed by atoms with van der Waals surface area (Å²) in [5.74, 6) is 0. The first kappa shape index (κ1) is 12.6. The number of benzene rings is 1. The van der Waals surface area contributed by atoms with Gasteiger partial charge in [-0.25, -0.2) is 0 Å². The fraction of sp³-hybridized carbons (Fsp3) is 0.571. The molecule has 1 aromatic carbocycles. The number of nitrogens with two attached hydrogens (primary N) is 1. The molecule has 1 heterocycles. The molecule has 0 aromatic heterocycles. The third-order valence-corrected chi connectivity index (χ3v) is 3.51. The number of ether oxygens (including phenoxy) is 2. The van der Waals surface area contributed by atoms with Crippen LogP contribution in [0, 0.1) is 5.41 Å². The van der Waals surface area contributed by atoms with Crippen LogP contribution in [0.5, 0.6) is 0 Å². The predicted molar refractivity (Wildman–Crippen MR) is 67.6 cm³/mol. The van der Waals surface area contributed by atoms with Crippen LogP contribution >= 0.6 is 0 Å². The van der Waals surface area contributed by atoms with Gasteiger partial charge in [0.15, 0.2) is 0 Å². The summed E-state index contributed by atoms with van der Waals surface area (Å²) in [6, 6.07) is 10.2. The highest BCUT2D eigenvalue weighted by atomic mass is 16.5. The second-order valence-electron chi connectivity index (χ2n) is 4.79. The Kier molecular flexibility index (Phi) is 4.54. The Hall–Kier alpha value is -0.900. The fourth-order valence-electron chi connectivity index (χ4n) is 2.17. The molecule has 2 rings (SSSR count). The summed E-state index contributed by atoms with van der Waals surface area (Å²) in [4.78, 5) is 0. The van der Waals surface area contributed by atoms with Crippen molar-refractivity contribution in [1.82, 2.24) is 0 Å². The summed E-state index contributed by atoms with van der Waals surface area (Å²) in [6.45, 7) is 3.72. The molecule has 0 atom stereocenters. The lowest BCUT2D eigenvalue weighted by Gasteiger charge is -2.35. The van der Waals surface area contributed by atoms with Crippen molar-refractivity contribution >= 4 is 0 Å². The third-order valence-electron chi connectivity index (χ3n) is 3.51. The van der Waals surface area contributed by atoms with Crippen LogP contribution in [0.2, 0.25) is 0 Å². The van der Waals surface area contributed by atoms with Crippen molar-refractivity contribution in [3.05, 3.63) is 35.9 Å². The summed E-state index contributed by atoms with van der Waals surface area (Å²) >= 11 is 0. The topological polar surface area (TPSA) is 44.5 Å². The van der Waals surface area contributed by atoms with Crippen LogP contribution in [0.4, 0.5) is 0 Å². The van der Waals surface area contributed by atoms with Gasteiger partial charge in [-0.2, -0.15) is 0 Å². The molecular formula is C14H21NO2. The van der Waals surface area contributed by atoms with E-state index >= 15 is 0 Å². The van der Waals surface area contributed by atoms with Gasteiger partial charge in [0, 0.05) is 25.2 Å². The monoisotopic (exact) mass is 235 g/mol. The standard InChI is InChI=1S/C14H21NO2/c15-11-14(6-8-16-9-7-14)12-17-10-13-4-2-1-3-5-13/h1-5H,6-12,15H2. The molecular weight excluding hydrogens is 214 g/mol. The van der Waals surface area contributed by atoms with Crippen LogP contribution in [0.3, 0.4) is 0 Å². The lowest BCUT2D eigenvalue weighted by atomic mass is 9.81. The van der Waals surface area contributed by atoms with Crippen molar-refractivity contribution in [2.24, 2.45) is 11.1 Å². The van der Waals surface area contributed by atoms with Gasteiger partial charge < -0.3 is 15.2 Å². The van der Waals surface area contributed by atoms with E-state index in [0.29, 0.717) is 13.2 Å². The zero-order chi connectivity index (χ0) is 12.0. The average molecular weight is 235 g/mol. The fourth-order valence-corrected chi connectivity index (χ4v) is 2.17. The Morgan fingerprint density at radius 3 is 2.53 bits per heavy atom. The van der Waals surface area contributed by atoms with E-state index in [1.807, 2.05) is 18.2 Å². The number of hydrogen-bond donors (Lipinski definition) is 1. The molecule has 2 N–H and O–H groups in total. The number of hydrogen-bond acceptors (Lipinski definition) is 3. The summed E-state index contributed by atoms with van der Waals surface area (Å²) in [5, 5.41) is 0. The summed E-state index contributed by atoms with van der Waals surface area (Å²) in [5.41, 5.74) is 7.23. The Morgan fingerprint density at radius 1 is 1.18 bits per heavy atom. The van der Waals surface area contributed by atoms with Crippen LogP contribution in [-0.4, -0.2) is 26.4 Å². The minimum Gasteiger partial charge on any atom is -0.381 e. The summed E-state index contributed by atoms with van der Waals surface area (Å²) in [7, 11) is 0. The smallest absolute Gasteiger partial charge is 0.0717 e. The Morgan fingerprint density at radius 2 is 1.88 bits per heavy atom. The van der Waals surface area contributed by atoms with Crippen LogP contribution < -0.4 is 5.73 Å². The first-order valence-electron chi connectivity index (χ1n) is 6.24. The van der Waals surface area contributed by atoms with Crippen LogP contribution in [0.1, 0.15) is 18.4 Å². The molecule has 1 aliphatic rings. The van der Waals surface area contributed by atoms with Gasteiger partial charge >= 0.3 is 0 Å². The van der Waals surface area contributed by atoms with Crippen molar-refractivity contribution in [3.63, 3.8) is 0 Å². The average Bonchev–Trinajstić information content (AvgIpc) is 2.41. The van der Waals surface area contributed by atoms with Crippen molar-refractivity contribution in [2.75, 3.05) is 26.4 Å². The molecule has 0 unspecified atom stereocenters. The minimum atomic E-state index is 0.132. The molecule has 0 radical (unpaired) electrons. The second-order valence-corrected chi connectivity index (χ2v) is 4.79. The van der Waals surface area contributed by atoms with E-state index in [4.69, 9.17) is 15.2 Å². The molecule has 1 saturated heterocycles. The van der Waals surface area contributed by atoms with Gasteiger partial charge in [0.2, 0.25) is 0 Å². The Balaban J connectivity index is 1.80. The minimum absolute atomic E-state index is 0.132. The van der Waals surface area contributed by atoms with Gasteiger partial charge in [0.05, 0.1) is 13.2 Å². The molecule has 1 aromatic rings. The van der Waals surface area contributed by atoms with Crippen LogP contribution in [0.15, 0.2) is 30.3 Å². The van der Waals surface area contributed by atoms with Gasteiger partial charge in [-0.3, -0.25) is 0 Å². The largest absolute Gasteiger partial charge is 0.381 e. The highest BCUT2D eigenvalue weighted by molar-refractivity contribution is 5.13. The van der Waals surface area contributed by atoms with E-state index in [1.165, 1.54) is 5.56 Å². The third kappa shape index (κ3) is 3.53. The van der Waals surface area contributed by atoms with Gasteiger partial charge in [-0.15, -0.1) is 0 Å². The highest BCUT2D eigenvalue weighted by Crippen LogP contribution is 2.29. The van der Waals surface area contributed by atoms with E-state index in [-0.39, 0.29) is 5.41 Å². The van der Waals surface area contributed by atoms with Gasteiger partial charge in [-0.1, -0.05) is 30.3 Å². The molecule has 0 bridgehead atoms. The summed E-state index contributed by atoms with van der Waals surface area (Å²) < 4.78 is 11.2. The van der Waals surface area contributed by atoms with E-state index < -0.39 is 0 Å². The van der Waals surface area contributed by atoms with Crippen molar-refractivity contribution in [1.29, 1.82) is 0 Å². The highest BCUT2D eigenvalue weighted by Gasteiger charge is 2.31. The van der Waals surface area contributed by atoms with E-state index in [9.17, 15) is 0 Å². The van der Waals surface area contributed by atoms with Crippen molar-refractivity contribution in [3.8, 4) is 0 Å². The van der Waals surface area contributed by atoms with Crippen molar-refractivity contribution < 1.29 is 9.47 Å². The molecule has 3 nitrogen and oxygen atoms in total. The zero-order valence-corrected chi connectivity index (χ0v) is 10.2. The zero-order valence-electron chi connectivity index (χ0n) is 10.2. The molecule has 0 saturated carbocycles. The van der Waals surface area contributed by atoms with Crippen LogP contribution in [0.25, 0.3) is 0 Å². The maximum atomic E-state index is 5.88. The van der Waals surface area contributed by atoms with Crippen molar-refractivity contribution in [2.45, 2.75) is 19.4 Å². The van der Waals surface area contributed by atoms with E-state index in [2.05, 4.69) is 12.1 Å².